The highest BCUT2D eigenvalue weighted by molar-refractivity contribution is 6.22. The second kappa shape index (κ2) is 6.29. The highest BCUT2D eigenvalue weighted by Crippen LogP contribution is 2.63. The Labute approximate surface area is 194 Å². The van der Waals surface area contributed by atoms with Gasteiger partial charge in [-0.05, 0) is 83.6 Å². The first-order valence-corrected chi connectivity index (χ1v) is 12.8. The third-order valence-corrected chi connectivity index (χ3v) is 9.51. The van der Waals surface area contributed by atoms with Gasteiger partial charge in [-0.3, -0.25) is 0 Å². The molecule has 1 spiro atoms. The van der Waals surface area contributed by atoms with Crippen LogP contribution in [0.1, 0.15) is 50.2 Å². The number of aromatic nitrogens is 1. The van der Waals surface area contributed by atoms with E-state index in [1.54, 1.807) is 11.1 Å². The van der Waals surface area contributed by atoms with Gasteiger partial charge in [0.05, 0.1) is 5.52 Å². The second-order valence-electron chi connectivity index (χ2n) is 11.2. The highest BCUT2D eigenvalue weighted by atomic mass is 14.7. The van der Waals surface area contributed by atoms with Crippen LogP contribution in [-0.2, 0) is 5.41 Å². The van der Waals surface area contributed by atoms with Gasteiger partial charge < -0.3 is 4.98 Å². The van der Waals surface area contributed by atoms with Crippen LogP contribution in [0.2, 0.25) is 0 Å². The maximum atomic E-state index is 3.82. The topological polar surface area (TPSA) is 15.8 Å². The van der Waals surface area contributed by atoms with E-state index in [-0.39, 0.29) is 5.41 Å². The minimum absolute atomic E-state index is 0.200. The molecule has 33 heavy (non-hydrogen) atoms. The van der Waals surface area contributed by atoms with Crippen molar-refractivity contribution in [1.29, 1.82) is 0 Å². The van der Waals surface area contributed by atoms with Crippen LogP contribution < -0.4 is 0 Å². The Hall–Kier alpha value is -3.06. The Morgan fingerprint density at radius 3 is 2.64 bits per heavy atom. The Morgan fingerprint density at radius 1 is 0.788 bits per heavy atom. The SMILES string of the molecule is CC1CC2CCC3(c4ccccc4-c4c3ccc3[nH]c5c6ccccc6ccc5c43)C(C1)C2. The van der Waals surface area contributed by atoms with Crippen LogP contribution >= 0.6 is 0 Å². The van der Waals surface area contributed by atoms with Crippen molar-refractivity contribution in [2.24, 2.45) is 17.8 Å². The van der Waals surface area contributed by atoms with E-state index in [2.05, 4.69) is 84.7 Å². The van der Waals surface area contributed by atoms with Gasteiger partial charge in [0.1, 0.15) is 0 Å². The molecule has 0 saturated heterocycles. The molecule has 0 amide bonds. The van der Waals surface area contributed by atoms with Crippen molar-refractivity contribution >= 4 is 32.6 Å². The van der Waals surface area contributed by atoms with Crippen LogP contribution in [0.15, 0.2) is 72.8 Å². The summed E-state index contributed by atoms with van der Waals surface area (Å²) in [6.07, 6.45) is 6.92. The lowest BCUT2D eigenvalue weighted by Gasteiger charge is -2.50. The zero-order valence-corrected chi connectivity index (χ0v) is 19.2. The quantitative estimate of drug-likeness (QED) is 0.255. The van der Waals surface area contributed by atoms with E-state index in [1.165, 1.54) is 75.8 Å². The zero-order valence-electron chi connectivity index (χ0n) is 19.2. The average Bonchev–Trinajstić information content (AvgIpc) is 3.36. The number of hydrogen-bond donors (Lipinski definition) is 1. The maximum absolute atomic E-state index is 3.82. The number of rotatable bonds is 0. The Balaban J connectivity index is 1.49. The third kappa shape index (κ3) is 2.24. The van der Waals surface area contributed by atoms with Crippen molar-refractivity contribution in [3.63, 3.8) is 0 Å². The van der Waals surface area contributed by atoms with Gasteiger partial charge in [0.15, 0.2) is 0 Å². The van der Waals surface area contributed by atoms with Gasteiger partial charge in [0.2, 0.25) is 0 Å². The lowest BCUT2D eigenvalue weighted by molar-refractivity contribution is 0.0856. The maximum Gasteiger partial charge on any atom is 0.0544 e. The number of nitrogens with one attached hydrogen (secondary N) is 1. The molecular weight excluding hydrogens is 398 g/mol. The molecule has 1 heteroatoms. The molecule has 1 N–H and O–H groups in total. The van der Waals surface area contributed by atoms with E-state index in [0.29, 0.717) is 0 Å². The van der Waals surface area contributed by atoms with E-state index in [0.717, 1.165) is 17.8 Å². The molecule has 5 aromatic rings. The molecule has 1 heterocycles. The molecule has 1 nitrogen and oxygen atoms in total. The summed E-state index contributed by atoms with van der Waals surface area (Å²) in [6.45, 7) is 2.49. The lowest BCUT2D eigenvalue weighted by Crippen LogP contribution is -2.44. The molecule has 1 aromatic heterocycles. The number of aromatic amines is 1. The van der Waals surface area contributed by atoms with Crippen molar-refractivity contribution in [3.8, 4) is 11.1 Å². The van der Waals surface area contributed by atoms with Crippen molar-refractivity contribution in [2.75, 3.05) is 0 Å². The molecule has 0 aliphatic heterocycles. The highest BCUT2D eigenvalue weighted by Gasteiger charge is 2.53. The normalized spacial score (nSPS) is 28.0. The molecule has 4 unspecified atom stereocenters. The summed E-state index contributed by atoms with van der Waals surface area (Å²) >= 11 is 0. The number of fused-ring (bicyclic) bond motifs is 14. The van der Waals surface area contributed by atoms with E-state index < -0.39 is 0 Å². The van der Waals surface area contributed by atoms with Crippen molar-refractivity contribution in [2.45, 2.75) is 44.4 Å². The lowest BCUT2D eigenvalue weighted by atomic mass is 9.53. The smallest absolute Gasteiger partial charge is 0.0544 e. The first-order chi connectivity index (χ1) is 16.2. The fourth-order valence-corrected chi connectivity index (χ4v) is 8.35. The molecule has 4 atom stereocenters. The molecular formula is C32H29N. The molecule has 2 bridgehead atoms. The molecule has 2 fully saturated rings. The molecule has 2 saturated carbocycles. The van der Waals surface area contributed by atoms with Crippen molar-refractivity contribution < 1.29 is 0 Å². The number of hydrogen-bond acceptors (Lipinski definition) is 0. The van der Waals surface area contributed by atoms with Gasteiger partial charge >= 0.3 is 0 Å². The molecule has 0 radical (unpaired) electrons. The largest absolute Gasteiger partial charge is 0.354 e. The summed E-state index contributed by atoms with van der Waals surface area (Å²) in [7, 11) is 0. The van der Waals surface area contributed by atoms with Gasteiger partial charge in [-0.1, -0.05) is 73.7 Å². The number of H-pyrrole nitrogens is 1. The van der Waals surface area contributed by atoms with Gasteiger partial charge in [-0.25, -0.2) is 0 Å². The summed E-state index contributed by atoms with van der Waals surface area (Å²) in [5, 5.41) is 5.43. The molecule has 3 aliphatic rings. The summed E-state index contributed by atoms with van der Waals surface area (Å²) in [6, 6.07) is 27.7. The fourth-order valence-electron chi connectivity index (χ4n) is 8.35. The summed E-state index contributed by atoms with van der Waals surface area (Å²) in [4.78, 5) is 3.82. The van der Waals surface area contributed by atoms with E-state index in [1.807, 2.05) is 0 Å². The van der Waals surface area contributed by atoms with Crippen molar-refractivity contribution in [1.82, 2.24) is 4.98 Å². The fraction of sp³-hybridized carbons (Fsp3) is 0.312. The molecule has 3 aliphatic carbocycles. The van der Waals surface area contributed by atoms with Gasteiger partial charge in [-0.15, -0.1) is 0 Å². The first-order valence-electron chi connectivity index (χ1n) is 12.8. The molecule has 8 rings (SSSR count). The van der Waals surface area contributed by atoms with Gasteiger partial charge in [0, 0.05) is 27.1 Å². The zero-order chi connectivity index (χ0) is 21.7. The predicted molar refractivity (Wildman–Crippen MR) is 139 cm³/mol. The van der Waals surface area contributed by atoms with Crippen LogP contribution in [0.5, 0.6) is 0 Å². The van der Waals surface area contributed by atoms with Crippen LogP contribution in [0.3, 0.4) is 0 Å². The minimum atomic E-state index is 0.200. The molecule has 4 aromatic carbocycles. The Bertz CT molecular complexity index is 1590. The van der Waals surface area contributed by atoms with Crippen LogP contribution in [0.25, 0.3) is 43.7 Å². The standard InChI is InChI=1S/C32H29N/c1-19-16-20-14-15-32(22(17-19)18-20)26-9-5-4-8-24(26)29-27(32)12-13-28-30(29)25-11-10-21-6-2-3-7-23(21)31(25)33-28/h2-13,19-20,22,33H,14-18H2,1H3. The second-order valence-corrected chi connectivity index (χ2v) is 11.2. The molecule has 162 valence electrons. The van der Waals surface area contributed by atoms with Gasteiger partial charge in [0.25, 0.3) is 0 Å². The Morgan fingerprint density at radius 2 is 1.67 bits per heavy atom. The monoisotopic (exact) mass is 427 g/mol. The Kier molecular flexibility index (Phi) is 3.50. The minimum Gasteiger partial charge on any atom is -0.354 e. The summed E-state index contributed by atoms with van der Waals surface area (Å²) < 4.78 is 0. The number of benzene rings is 4. The summed E-state index contributed by atoms with van der Waals surface area (Å²) in [5.74, 6) is 2.56. The van der Waals surface area contributed by atoms with Crippen LogP contribution in [0.4, 0.5) is 0 Å². The van der Waals surface area contributed by atoms with Gasteiger partial charge in [-0.2, -0.15) is 0 Å². The third-order valence-electron chi connectivity index (χ3n) is 9.51. The summed E-state index contributed by atoms with van der Waals surface area (Å²) in [5.41, 5.74) is 8.99. The average molecular weight is 428 g/mol. The first kappa shape index (κ1) is 18.4. The van der Waals surface area contributed by atoms with Crippen LogP contribution in [-0.4, -0.2) is 4.98 Å². The van der Waals surface area contributed by atoms with Crippen LogP contribution in [0, 0.1) is 17.8 Å². The van der Waals surface area contributed by atoms with E-state index in [4.69, 9.17) is 0 Å². The predicted octanol–water partition coefficient (Wildman–Crippen LogP) is 8.59. The van der Waals surface area contributed by atoms with E-state index in [9.17, 15) is 0 Å². The van der Waals surface area contributed by atoms with Crippen molar-refractivity contribution in [3.05, 3.63) is 83.9 Å². The van der Waals surface area contributed by atoms with E-state index >= 15 is 0 Å².